The highest BCUT2D eigenvalue weighted by Gasteiger charge is 2.23. The number of hydrogen-bond acceptors (Lipinski definition) is 5. The average molecular weight is 330 g/mol. The quantitative estimate of drug-likeness (QED) is 0.575. The van der Waals surface area contributed by atoms with E-state index in [0.29, 0.717) is 22.4 Å². The van der Waals surface area contributed by atoms with E-state index in [1.165, 1.54) is 6.07 Å². The van der Waals surface area contributed by atoms with Gasteiger partial charge in [0.25, 0.3) is 5.69 Å². The maximum absolute atomic E-state index is 11.4. The lowest BCUT2D eigenvalue weighted by Gasteiger charge is -2.15. The van der Waals surface area contributed by atoms with Crippen LogP contribution in [0.1, 0.15) is 11.1 Å². The Morgan fingerprint density at radius 3 is 2.40 bits per heavy atom. The molecular formula is C19H14N4O2. The molecule has 1 heterocycles. The molecule has 2 N–H and O–H groups in total. The first-order valence-corrected chi connectivity index (χ1v) is 7.54. The van der Waals surface area contributed by atoms with Crippen molar-refractivity contribution in [2.24, 2.45) is 0 Å². The largest absolute Gasteiger partial charge is 0.383 e. The van der Waals surface area contributed by atoms with Gasteiger partial charge in [-0.25, -0.2) is 4.98 Å². The fourth-order valence-corrected chi connectivity index (χ4v) is 2.87. The summed E-state index contributed by atoms with van der Waals surface area (Å²) in [6.07, 6.45) is 0. The molecule has 0 aliphatic carbocycles. The van der Waals surface area contributed by atoms with Crippen molar-refractivity contribution >= 4 is 11.5 Å². The third kappa shape index (κ3) is 2.79. The number of rotatable bonds is 3. The monoisotopic (exact) mass is 330 g/mol. The fraction of sp³-hybridized carbons (Fsp3) is 0.0526. The second-order valence-corrected chi connectivity index (χ2v) is 5.47. The number of nitrogen functional groups attached to an aromatic ring is 1. The molecule has 3 rings (SSSR count). The second-order valence-electron chi connectivity index (χ2n) is 5.47. The van der Waals surface area contributed by atoms with E-state index >= 15 is 0 Å². The van der Waals surface area contributed by atoms with Gasteiger partial charge in [-0.2, -0.15) is 5.26 Å². The van der Waals surface area contributed by atoms with E-state index in [0.717, 1.165) is 5.56 Å². The van der Waals surface area contributed by atoms with Crippen molar-refractivity contribution < 1.29 is 4.92 Å². The van der Waals surface area contributed by atoms with Crippen LogP contribution < -0.4 is 5.73 Å². The van der Waals surface area contributed by atoms with Crippen molar-refractivity contribution in [1.82, 2.24) is 4.98 Å². The SMILES string of the molecule is Cc1c(-c2ccccc2)nc(N)c(C#N)c1-c1ccccc1[N+](=O)[O-]. The first-order chi connectivity index (χ1) is 12.0. The Morgan fingerprint density at radius 1 is 1.12 bits per heavy atom. The molecule has 6 nitrogen and oxygen atoms in total. The number of hydrogen-bond donors (Lipinski definition) is 1. The summed E-state index contributed by atoms with van der Waals surface area (Å²) in [5, 5.41) is 21.0. The Labute approximate surface area is 144 Å². The first-order valence-electron chi connectivity index (χ1n) is 7.54. The number of nitriles is 1. The van der Waals surface area contributed by atoms with Crippen LogP contribution in [0.3, 0.4) is 0 Å². The maximum atomic E-state index is 11.4. The molecule has 122 valence electrons. The van der Waals surface area contributed by atoms with Crippen LogP contribution in [-0.4, -0.2) is 9.91 Å². The number of nitrogens with zero attached hydrogens (tertiary/aromatic N) is 3. The molecule has 6 heteroatoms. The number of pyridine rings is 1. The zero-order chi connectivity index (χ0) is 18.0. The van der Waals surface area contributed by atoms with Gasteiger partial charge >= 0.3 is 0 Å². The van der Waals surface area contributed by atoms with Crippen LogP contribution in [0.2, 0.25) is 0 Å². The molecule has 2 aromatic carbocycles. The summed E-state index contributed by atoms with van der Waals surface area (Å²) in [7, 11) is 0. The predicted octanol–water partition coefficient (Wildman–Crippen LogP) is 4.09. The van der Waals surface area contributed by atoms with Gasteiger partial charge in [-0.05, 0) is 18.6 Å². The van der Waals surface area contributed by atoms with Crippen molar-refractivity contribution in [2.45, 2.75) is 6.92 Å². The van der Waals surface area contributed by atoms with Crippen LogP contribution in [0.25, 0.3) is 22.4 Å². The van der Waals surface area contributed by atoms with Gasteiger partial charge in [0, 0.05) is 17.2 Å². The van der Waals surface area contributed by atoms with Crippen LogP contribution in [0.5, 0.6) is 0 Å². The molecule has 0 aliphatic rings. The molecule has 0 saturated carbocycles. The molecule has 0 saturated heterocycles. The van der Waals surface area contributed by atoms with Gasteiger partial charge in [-0.15, -0.1) is 0 Å². The van der Waals surface area contributed by atoms with Gasteiger partial charge < -0.3 is 5.73 Å². The fourth-order valence-electron chi connectivity index (χ4n) is 2.87. The van der Waals surface area contributed by atoms with E-state index in [1.807, 2.05) is 36.4 Å². The first kappa shape index (κ1) is 16.1. The molecule has 0 unspecified atom stereocenters. The number of nitro groups is 1. The van der Waals surface area contributed by atoms with Crippen LogP contribution in [0, 0.1) is 28.4 Å². The normalized spacial score (nSPS) is 10.2. The Balaban J connectivity index is 2.40. The minimum Gasteiger partial charge on any atom is -0.383 e. The minimum atomic E-state index is -0.464. The van der Waals surface area contributed by atoms with E-state index in [4.69, 9.17) is 5.73 Å². The van der Waals surface area contributed by atoms with Gasteiger partial charge in [-0.1, -0.05) is 42.5 Å². The highest BCUT2D eigenvalue weighted by atomic mass is 16.6. The lowest BCUT2D eigenvalue weighted by atomic mass is 9.92. The zero-order valence-electron chi connectivity index (χ0n) is 13.4. The number of anilines is 1. The maximum Gasteiger partial charge on any atom is 0.277 e. The Hall–Kier alpha value is -3.72. The van der Waals surface area contributed by atoms with Gasteiger partial charge in [0.2, 0.25) is 0 Å². The molecule has 1 aromatic heterocycles. The van der Waals surface area contributed by atoms with Gasteiger partial charge in [-0.3, -0.25) is 10.1 Å². The lowest BCUT2D eigenvalue weighted by Crippen LogP contribution is -2.04. The average Bonchev–Trinajstić information content (AvgIpc) is 2.63. The third-order valence-electron chi connectivity index (χ3n) is 4.00. The lowest BCUT2D eigenvalue weighted by molar-refractivity contribution is -0.384. The molecule has 0 spiro atoms. The smallest absolute Gasteiger partial charge is 0.277 e. The standard InChI is InChI=1S/C19H14N4O2/c1-12-17(14-9-5-6-10-16(14)23(24)25)15(11-20)19(21)22-18(12)13-7-3-2-4-8-13/h2-10H,1H3,(H2,21,22). The van der Waals surface area contributed by atoms with Crippen molar-refractivity contribution in [3.63, 3.8) is 0 Å². The van der Waals surface area contributed by atoms with E-state index in [-0.39, 0.29) is 17.1 Å². The molecule has 0 atom stereocenters. The topological polar surface area (TPSA) is 106 Å². The molecule has 0 aliphatic heterocycles. The van der Waals surface area contributed by atoms with Crippen molar-refractivity contribution in [3.8, 4) is 28.5 Å². The Bertz CT molecular complexity index is 1010. The number of benzene rings is 2. The van der Waals surface area contributed by atoms with Crippen LogP contribution >= 0.6 is 0 Å². The molecule has 0 bridgehead atoms. The van der Waals surface area contributed by atoms with Gasteiger partial charge in [0.1, 0.15) is 17.5 Å². The summed E-state index contributed by atoms with van der Waals surface area (Å²) in [6, 6.07) is 17.7. The van der Waals surface area contributed by atoms with E-state index < -0.39 is 4.92 Å². The molecular weight excluding hydrogens is 316 g/mol. The van der Waals surface area contributed by atoms with E-state index in [2.05, 4.69) is 4.98 Å². The highest BCUT2D eigenvalue weighted by Crippen LogP contribution is 2.39. The summed E-state index contributed by atoms with van der Waals surface area (Å²) >= 11 is 0. The van der Waals surface area contributed by atoms with Gasteiger partial charge in [0.15, 0.2) is 0 Å². The predicted molar refractivity (Wildman–Crippen MR) is 95.6 cm³/mol. The summed E-state index contributed by atoms with van der Waals surface area (Å²) in [4.78, 5) is 15.3. The number of aromatic nitrogens is 1. The second kappa shape index (κ2) is 6.42. The molecule has 0 fully saturated rings. The van der Waals surface area contributed by atoms with E-state index in [1.54, 1.807) is 25.1 Å². The summed E-state index contributed by atoms with van der Waals surface area (Å²) in [5.74, 6) is 0.0557. The zero-order valence-corrected chi connectivity index (χ0v) is 13.4. The molecule has 25 heavy (non-hydrogen) atoms. The molecule has 0 amide bonds. The Kier molecular flexibility index (Phi) is 4.14. The number of nitro benzene ring substituents is 1. The van der Waals surface area contributed by atoms with Crippen molar-refractivity contribution in [2.75, 3.05) is 5.73 Å². The van der Waals surface area contributed by atoms with Crippen LogP contribution in [0.15, 0.2) is 54.6 Å². The summed E-state index contributed by atoms with van der Waals surface area (Å²) in [5.41, 5.74) is 8.97. The summed E-state index contributed by atoms with van der Waals surface area (Å²) < 4.78 is 0. The third-order valence-corrected chi connectivity index (χ3v) is 4.00. The molecule has 0 radical (unpaired) electrons. The number of para-hydroxylation sites is 1. The van der Waals surface area contributed by atoms with Crippen molar-refractivity contribution in [3.05, 3.63) is 75.8 Å². The van der Waals surface area contributed by atoms with E-state index in [9.17, 15) is 15.4 Å². The molecule has 3 aromatic rings. The van der Waals surface area contributed by atoms with Crippen molar-refractivity contribution in [1.29, 1.82) is 5.26 Å². The Morgan fingerprint density at radius 2 is 1.76 bits per heavy atom. The number of nitrogens with two attached hydrogens (primary N) is 1. The van der Waals surface area contributed by atoms with Gasteiger partial charge in [0.05, 0.1) is 16.2 Å². The highest BCUT2D eigenvalue weighted by molar-refractivity contribution is 5.87. The van der Waals surface area contributed by atoms with Crippen LogP contribution in [0.4, 0.5) is 11.5 Å². The summed E-state index contributed by atoms with van der Waals surface area (Å²) in [6.45, 7) is 1.79. The minimum absolute atomic E-state index is 0.0557. The van der Waals surface area contributed by atoms with Crippen LogP contribution in [-0.2, 0) is 0 Å².